The van der Waals surface area contributed by atoms with Crippen molar-refractivity contribution in [2.24, 2.45) is 5.92 Å². The van der Waals surface area contributed by atoms with Gasteiger partial charge in [0.2, 0.25) is 0 Å². The number of benzene rings is 1. The van der Waals surface area contributed by atoms with Gasteiger partial charge in [-0.25, -0.2) is 4.98 Å². The summed E-state index contributed by atoms with van der Waals surface area (Å²) < 4.78 is 0. The number of aryl methyl sites for hydroxylation is 1. The lowest BCUT2D eigenvalue weighted by atomic mass is 9.97. The summed E-state index contributed by atoms with van der Waals surface area (Å²) in [4.78, 5) is 39.9. The van der Waals surface area contributed by atoms with Gasteiger partial charge in [-0.05, 0) is 36.6 Å². The van der Waals surface area contributed by atoms with Gasteiger partial charge in [0.05, 0.1) is 22.9 Å². The van der Waals surface area contributed by atoms with Crippen LogP contribution in [0.1, 0.15) is 59.6 Å². The first-order chi connectivity index (χ1) is 14.0. The highest BCUT2D eigenvalue weighted by atomic mass is 16.1. The average Bonchev–Trinajstić information content (AvgIpc) is 3.36. The summed E-state index contributed by atoms with van der Waals surface area (Å²) in [6.07, 6.45) is 3.51. The average molecular weight is 388 g/mol. The number of aromatic nitrogens is 4. The Kier molecular flexibility index (Phi) is 5.01. The first-order valence-corrected chi connectivity index (χ1v) is 10.0. The molecule has 0 aliphatic rings. The van der Waals surface area contributed by atoms with Gasteiger partial charge in [-0.3, -0.25) is 14.6 Å². The molecule has 0 aliphatic heterocycles. The minimum absolute atomic E-state index is 0.0310. The number of nitrogens with zero attached hydrogens (tertiary/aromatic N) is 2. The minimum Gasteiger partial charge on any atom is -0.352 e. The van der Waals surface area contributed by atoms with Crippen LogP contribution in [0.4, 0.5) is 0 Å². The number of carbonyl (C=O) groups is 2. The van der Waals surface area contributed by atoms with Gasteiger partial charge in [0.1, 0.15) is 0 Å². The second kappa shape index (κ2) is 7.62. The van der Waals surface area contributed by atoms with Crippen molar-refractivity contribution in [3.05, 3.63) is 59.3 Å². The maximum atomic E-state index is 13.0. The number of Topliss-reactive ketones (excluding diaryl/α,β-unsaturated/α-hetero) is 2. The molecule has 6 heteroatoms. The zero-order valence-corrected chi connectivity index (χ0v) is 16.9. The zero-order valence-electron chi connectivity index (χ0n) is 16.9. The van der Waals surface area contributed by atoms with Crippen molar-refractivity contribution in [3.8, 4) is 0 Å². The van der Waals surface area contributed by atoms with Crippen LogP contribution in [-0.4, -0.2) is 31.5 Å². The molecule has 1 aromatic carbocycles. The van der Waals surface area contributed by atoms with E-state index in [-0.39, 0.29) is 17.5 Å². The predicted octanol–water partition coefficient (Wildman–Crippen LogP) is 4.66. The third kappa shape index (κ3) is 3.58. The molecular weight excluding hydrogens is 364 g/mol. The summed E-state index contributed by atoms with van der Waals surface area (Å²) in [5, 5.41) is 1.11. The monoisotopic (exact) mass is 388 g/mol. The Morgan fingerprint density at radius 3 is 2.69 bits per heavy atom. The van der Waals surface area contributed by atoms with Gasteiger partial charge in [0.25, 0.3) is 0 Å². The lowest BCUT2D eigenvalue weighted by Crippen LogP contribution is -2.15. The number of hydrogen-bond donors (Lipinski definition) is 2. The lowest BCUT2D eigenvalue weighted by Gasteiger charge is -2.08. The Bertz CT molecular complexity index is 1220. The van der Waals surface area contributed by atoms with Crippen LogP contribution in [-0.2, 0) is 12.8 Å². The van der Waals surface area contributed by atoms with Gasteiger partial charge in [-0.15, -0.1) is 0 Å². The largest absolute Gasteiger partial charge is 0.352 e. The number of ketones is 2. The van der Waals surface area contributed by atoms with Crippen LogP contribution >= 0.6 is 0 Å². The van der Waals surface area contributed by atoms with Crippen molar-refractivity contribution in [2.75, 3.05) is 0 Å². The summed E-state index contributed by atoms with van der Waals surface area (Å²) in [7, 11) is 0. The fourth-order valence-corrected chi connectivity index (χ4v) is 3.69. The molecule has 29 heavy (non-hydrogen) atoms. The number of imidazole rings is 1. The number of hydrogen-bond acceptors (Lipinski definition) is 4. The third-order valence-electron chi connectivity index (χ3n) is 5.37. The van der Waals surface area contributed by atoms with E-state index < -0.39 is 0 Å². The lowest BCUT2D eigenvalue weighted by molar-refractivity contribution is 0.0923. The normalized spacial score (nSPS) is 12.5. The van der Waals surface area contributed by atoms with Crippen LogP contribution in [0.15, 0.2) is 36.5 Å². The molecule has 1 atom stereocenters. The van der Waals surface area contributed by atoms with E-state index in [1.807, 2.05) is 31.2 Å². The van der Waals surface area contributed by atoms with Crippen LogP contribution in [0.3, 0.4) is 0 Å². The standard InChI is InChI=1S/C23H24N4O2/c1-4-14-7-6-8-17-16(14)11-19(25-17)22(29)13(3)9-15-10-18-20(12-24-15)27-23(26-18)21(28)5-2/h6-8,10-13,25H,4-5,9H2,1-3H3,(H,26,27). The van der Waals surface area contributed by atoms with Crippen LogP contribution in [0.25, 0.3) is 21.9 Å². The van der Waals surface area contributed by atoms with E-state index in [9.17, 15) is 9.59 Å². The molecule has 0 radical (unpaired) electrons. The number of H-pyrrole nitrogens is 2. The van der Waals surface area contributed by atoms with E-state index in [1.54, 1.807) is 13.1 Å². The summed E-state index contributed by atoms with van der Waals surface area (Å²) in [5.41, 5.74) is 5.06. The number of fused-ring (bicyclic) bond motifs is 2. The molecule has 4 aromatic rings. The van der Waals surface area contributed by atoms with Crippen molar-refractivity contribution < 1.29 is 9.59 Å². The van der Waals surface area contributed by atoms with Crippen LogP contribution in [0, 0.1) is 5.92 Å². The van der Waals surface area contributed by atoms with Crippen molar-refractivity contribution >= 4 is 33.5 Å². The smallest absolute Gasteiger partial charge is 0.197 e. The quantitative estimate of drug-likeness (QED) is 0.451. The molecule has 1 unspecified atom stereocenters. The molecule has 0 saturated carbocycles. The molecule has 0 amide bonds. The van der Waals surface area contributed by atoms with E-state index in [1.165, 1.54) is 5.56 Å². The highest BCUT2D eigenvalue weighted by molar-refractivity contribution is 6.01. The van der Waals surface area contributed by atoms with Crippen LogP contribution < -0.4 is 0 Å². The van der Waals surface area contributed by atoms with E-state index in [2.05, 4.69) is 32.9 Å². The van der Waals surface area contributed by atoms with E-state index in [0.717, 1.165) is 28.5 Å². The van der Waals surface area contributed by atoms with Crippen LogP contribution in [0.2, 0.25) is 0 Å². The van der Waals surface area contributed by atoms with Crippen LogP contribution in [0.5, 0.6) is 0 Å². The number of nitrogens with one attached hydrogen (secondary N) is 2. The minimum atomic E-state index is -0.228. The molecule has 148 valence electrons. The molecule has 0 aliphatic carbocycles. The number of pyridine rings is 1. The SMILES string of the molecule is CCC(=O)c1nc2cc(CC(C)C(=O)c3cc4c(CC)cccc4[nH]3)ncc2[nH]1. The second-order valence-electron chi connectivity index (χ2n) is 7.44. The number of carbonyl (C=O) groups excluding carboxylic acids is 2. The van der Waals surface area contributed by atoms with Gasteiger partial charge in [0.15, 0.2) is 17.4 Å². The first-order valence-electron chi connectivity index (χ1n) is 10.0. The third-order valence-corrected chi connectivity index (χ3v) is 5.37. The summed E-state index contributed by atoms with van der Waals surface area (Å²) in [6.45, 7) is 5.83. The van der Waals surface area contributed by atoms with Crippen molar-refractivity contribution in [1.29, 1.82) is 0 Å². The molecule has 3 aromatic heterocycles. The molecule has 3 heterocycles. The van der Waals surface area contributed by atoms with Crippen molar-refractivity contribution in [1.82, 2.24) is 19.9 Å². The van der Waals surface area contributed by atoms with E-state index in [4.69, 9.17) is 0 Å². The van der Waals surface area contributed by atoms with Gasteiger partial charge in [-0.2, -0.15) is 0 Å². The second-order valence-corrected chi connectivity index (χ2v) is 7.44. The summed E-state index contributed by atoms with van der Waals surface area (Å²) >= 11 is 0. The highest BCUT2D eigenvalue weighted by Gasteiger charge is 2.20. The number of rotatable bonds is 7. The maximum absolute atomic E-state index is 13.0. The molecule has 0 saturated heterocycles. The maximum Gasteiger partial charge on any atom is 0.197 e. The van der Waals surface area contributed by atoms with E-state index >= 15 is 0 Å². The molecule has 2 N–H and O–H groups in total. The van der Waals surface area contributed by atoms with Crippen molar-refractivity contribution in [2.45, 2.75) is 40.0 Å². The van der Waals surface area contributed by atoms with Gasteiger partial charge in [0, 0.05) is 28.9 Å². The van der Waals surface area contributed by atoms with Gasteiger partial charge < -0.3 is 9.97 Å². The zero-order chi connectivity index (χ0) is 20.5. The van der Waals surface area contributed by atoms with Gasteiger partial charge in [-0.1, -0.05) is 32.9 Å². The molecule has 0 bridgehead atoms. The Morgan fingerprint density at radius 2 is 1.93 bits per heavy atom. The Balaban J connectivity index is 1.56. The molecule has 0 spiro atoms. The highest BCUT2D eigenvalue weighted by Crippen LogP contribution is 2.23. The molecule has 6 nitrogen and oxygen atoms in total. The topological polar surface area (TPSA) is 91.5 Å². The summed E-state index contributed by atoms with van der Waals surface area (Å²) in [5.74, 6) is 0.162. The Labute approximate surface area is 168 Å². The van der Waals surface area contributed by atoms with Gasteiger partial charge >= 0.3 is 0 Å². The molecular formula is C23H24N4O2. The van der Waals surface area contributed by atoms with Crippen molar-refractivity contribution in [3.63, 3.8) is 0 Å². The van der Waals surface area contributed by atoms with E-state index in [0.29, 0.717) is 29.9 Å². The summed E-state index contributed by atoms with van der Waals surface area (Å²) in [6, 6.07) is 9.91. The fraction of sp³-hybridized carbons (Fsp3) is 0.304. The first kappa shape index (κ1) is 19.1. The Hall–Kier alpha value is -3.28. The Morgan fingerprint density at radius 1 is 1.10 bits per heavy atom. The number of aromatic amines is 2. The molecule has 0 fully saturated rings. The fourth-order valence-electron chi connectivity index (χ4n) is 3.69. The predicted molar refractivity (Wildman–Crippen MR) is 113 cm³/mol. The molecule has 4 rings (SSSR count).